The molecule has 0 heterocycles. The number of hydrogen-bond donors (Lipinski definition) is 1. The maximum absolute atomic E-state index is 6.60. The highest BCUT2D eigenvalue weighted by atomic mass is 79.9. The summed E-state index contributed by atoms with van der Waals surface area (Å²) in [5.74, 6) is 0.857. The molecule has 0 amide bonds. The van der Waals surface area contributed by atoms with E-state index in [1.54, 1.807) is 0 Å². The third-order valence-corrected chi connectivity index (χ3v) is 4.54. The predicted octanol–water partition coefficient (Wildman–Crippen LogP) is 4.52. The van der Waals surface area contributed by atoms with Gasteiger partial charge in [-0.25, -0.2) is 0 Å². The maximum atomic E-state index is 6.60. The molecule has 0 spiro atoms. The summed E-state index contributed by atoms with van der Waals surface area (Å²) in [6.45, 7) is 6.36. The first-order valence-corrected chi connectivity index (χ1v) is 7.67. The third-order valence-electron chi connectivity index (χ3n) is 3.72. The number of halogens is 1. The van der Waals surface area contributed by atoms with E-state index in [9.17, 15) is 0 Å². The van der Waals surface area contributed by atoms with Gasteiger partial charge in [-0.3, -0.25) is 0 Å². The molecule has 0 bridgehead atoms. The molecule has 1 aromatic carbocycles. The van der Waals surface area contributed by atoms with Crippen molar-refractivity contribution in [2.75, 3.05) is 6.61 Å². The molecule has 1 saturated carbocycles. The molecule has 0 unspecified atom stereocenters. The molecule has 2 nitrogen and oxygen atoms in total. The molecule has 2 rings (SSSR count). The summed E-state index contributed by atoms with van der Waals surface area (Å²) in [7, 11) is 0. The van der Waals surface area contributed by atoms with E-state index >= 15 is 0 Å². The quantitative estimate of drug-likeness (QED) is 0.826. The topological polar surface area (TPSA) is 35.2 Å². The van der Waals surface area contributed by atoms with E-state index < -0.39 is 0 Å². The molecule has 1 aliphatic rings. The maximum Gasteiger partial charge on any atom is 0.134 e. The highest BCUT2D eigenvalue weighted by Gasteiger charge is 2.31. The third kappa shape index (κ3) is 3.40. The zero-order chi connectivity index (χ0) is 13.9. The Hall–Kier alpha value is -0.800. The van der Waals surface area contributed by atoms with E-state index in [2.05, 4.69) is 28.6 Å². The van der Waals surface area contributed by atoms with Crippen LogP contribution in [0.15, 0.2) is 34.8 Å². The van der Waals surface area contributed by atoms with Gasteiger partial charge in [-0.15, -0.1) is 0 Å². The molecule has 2 N–H and O–H groups in total. The van der Waals surface area contributed by atoms with Gasteiger partial charge in [0.05, 0.1) is 4.47 Å². The summed E-state index contributed by atoms with van der Waals surface area (Å²) in [6.07, 6.45) is 5.81. The summed E-state index contributed by atoms with van der Waals surface area (Å²) in [5, 5.41) is 0. The van der Waals surface area contributed by atoms with E-state index in [0.29, 0.717) is 6.61 Å². The molecule has 3 heteroatoms. The summed E-state index contributed by atoms with van der Waals surface area (Å²) in [5.41, 5.74) is 8.58. The van der Waals surface area contributed by atoms with Gasteiger partial charge in [0.25, 0.3) is 0 Å². The number of nitrogens with two attached hydrogens (primary N) is 1. The second-order valence-corrected chi connectivity index (χ2v) is 6.37. The molecule has 0 radical (unpaired) electrons. The molecular formula is C16H22BrNO. The van der Waals surface area contributed by atoms with E-state index in [4.69, 9.17) is 10.5 Å². The fraction of sp³-hybridized carbons (Fsp3) is 0.500. The number of rotatable bonds is 4. The number of hydrogen-bond acceptors (Lipinski definition) is 2. The van der Waals surface area contributed by atoms with Crippen LogP contribution in [0, 0.1) is 0 Å². The molecular weight excluding hydrogens is 302 g/mol. The van der Waals surface area contributed by atoms with Crippen LogP contribution in [0.2, 0.25) is 0 Å². The Morgan fingerprint density at radius 1 is 1.37 bits per heavy atom. The van der Waals surface area contributed by atoms with Gasteiger partial charge in [0, 0.05) is 5.54 Å². The summed E-state index contributed by atoms with van der Waals surface area (Å²) < 4.78 is 6.77. The zero-order valence-electron chi connectivity index (χ0n) is 11.5. The van der Waals surface area contributed by atoms with Crippen molar-refractivity contribution in [3.05, 3.63) is 40.4 Å². The highest BCUT2D eigenvalue weighted by molar-refractivity contribution is 9.10. The fourth-order valence-electron chi connectivity index (χ4n) is 2.66. The molecule has 0 saturated heterocycles. The molecule has 0 atom stereocenters. The minimum atomic E-state index is -0.209. The van der Waals surface area contributed by atoms with Gasteiger partial charge in [-0.2, -0.15) is 0 Å². The molecule has 19 heavy (non-hydrogen) atoms. The van der Waals surface area contributed by atoms with Crippen LogP contribution in [0.25, 0.3) is 0 Å². The lowest BCUT2D eigenvalue weighted by Crippen LogP contribution is -2.38. The van der Waals surface area contributed by atoms with Crippen LogP contribution < -0.4 is 10.5 Å². The average Bonchev–Trinajstić information content (AvgIpc) is 2.38. The van der Waals surface area contributed by atoms with E-state index in [-0.39, 0.29) is 5.54 Å². The second-order valence-electron chi connectivity index (χ2n) is 5.58. The van der Waals surface area contributed by atoms with Crippen molar-refractivity contribution in [1.29, 1.82) is 0 Å². The van der Waals surface area contributed by atoms with Crippen LogP contribution in [-0.4, -0.2) is 6.61 Å². The first-order chi connectivity index (χ1) is 9.03. The van der Waals surface area contributed by atoms with Crippen molar-refractivity contribution in [3.8, 4) is 5.75 Å². The minimum absolute atomic E-state index is 0.209. The molecule has 1 fully saturated rings. The van der Waals surface area contributed by atoms with Crippen LogP contribution in [0.3, 0.4) is 0 Å². The Morgan fingerprint density at radius 3 is 2.68 bits per heavy atom. The Labute approximate surface area is 124 Å². The zero-order valence-corrected chi connectivity index (χ0v) is 13.1. The molecule has 104 valence electrons. The average molecular weight is 324 g/mol. The van der Waals surface area contributed by atoms with E-state index in [1.165, 1.54) is 24.8 Å². The van der Waals surface area contributed by atoms with Crippen molar-refractivity contribution in [1.82, 2.24) is 0 Å². The first kappa shape index (κ1) is 14.6. The molecule has 0 aromatic heterocycles. The Bertz CT molecular complexity index is 464. The molecule has 0 aliphatic heterocycles. The van der Waals surface area contributed by atoms with Crippen LogP contribution in [0.1, 0.15) is 44.6 Å². The van der Waals surface area contributed by atoms with Crippen molar-refractivity contribution in [2.45, 2.75) is 44.6 Å². The van der Waals surface area contributed by atoms with Crippen molar-refractivity contribution in [3.63, 3.8) is 0 Å². The van der Waals surface area contributed by atoms with Crippen LogP contribution in [-0.2, 0) is 5.54 Å². The Balaban J connectivity index is 2.25. The van der Waals surface area contributed by atoms with Crippen LogP contribution in [0.4, 0.5) is 0 Å². The first-order valence-electron chi connectivity index (χ1n) is 6.88. The van der Waals surface area contributed by atoms with E-state index in [1.807, 2.05) is 19.1 Å². The molecule has 1 aliphatic carbocycles. The molecule has 1 aromatic rings. The number of ether oxygens (including phenoxy) is 1. The van der Waals surface area contributed by atoms with Gasteiger partial charge in [0.15, 0.2) is 0 Å². The SMILES string of the molecule is C=C(C)COc1cccc(C2(N)CCCCC2)c1Br. The van der Waals surface area contributed by atoms with Gasteiger partial charge < -0.3 is 10.5 Å². The Morgan fingerprint density at radius 2 is 2.05 bits per heavy atom. The summed E-state index contributed by atoms with van der Waals surface area (Å²) in [4.78, 5) is 0. The second kappa shape index (κ2) is 6.10. The van der Waals surface area contributed by atoms with Crippen molar-refractivity contribution >= 4 is 15.9 Å². The Kier molecular flexibility index (Phi) is 4.69. The minimum Gasteiger partial charge on any atom is -0.488 e. The lowest BCUT2D eigenvalue weighted by Gasteiger charge is -2.35. The van der Waals surface area contributed by atoms with Gasteiger partial charge in [-0.05, 0) is 52.9 Å². The van der Waals surface area contributed by atoms with Crippen LogP contribution >= 0.6 is 15.9 Å². The standard InChI is InChI=1S/C16H22BrNO/c1-12(2)11-19-14-8-6-7-13(15(14)17)16(18)9-4-3-5-10-16/h6-8H,1,3-5,9-11,18H2,2H3. The lowest BCUT2D eigenvalue weighted by atomic mass is 9.77. The van der Waals surface area contributed by atoms with Gasteiger partial charge in [0.1, 0.15) is 12.4 Å². The largest absolute Gasteiger partial charge is 0.488 e. The van der Waals surface area contributed by atoms with Gasteiger partial charge >= 0.3 is 0 Å². The van der Waals surface area contributed by atoms with Crippen molar-refractivity contribution < 1.29 is 4.74 Å². The lowest BCUT2D eigenvalue weighted by molar-refractivity contribution is 0.297. The highest BCUT2D eigenvalue weighted by Crippen LogP contribution is 2.41. The van der Waals surface area contributed by atoms with Crippen molar-refractivity contribution in [2.24, 2.45) is 5.73 Å². The smallest absolute Gasteiger partial charge is 0.134 e. The predicted molar refractivity (Wildman–Crippen MR) is 83.4 cm³/mol. The van der Waals surface area contributed by atoms with Gasteiger partial charge in [0.2, 0.25) is 0 Å². The van der Waals surface area contributed by atoms with Gasteiger partial charge in [-0.1, -0.05) is 38.0 Å². The number of benzene rings is 1. The van der Waals surface area contributed by atoms with Crippen LogP contribution in [0.5, 0.6) is 5.75 Å². The normalized spacial score (nSPS) is 18.1. The summed E-state index contributed by atoms with van der Waals surface area (Å²) in [6, 6.07) is 6.11. The summed E-state index contributed by atoms with van der Waals surface area (Å²) >= 11 is 3.67. The fourth-order valence-corrected chi connectivity index (χ4v) is 3.43. The van der Waals surface area contributed by atoms with E-state index in [0.717, 1.165) is 28.6 Å². The monoisotopic (exact) mass is 323 g/mol.